The van der Waals surface area contributed by atoms with Gasteiger partial charge in [-0.05, 0) is 35.2 Å². The fourth-order valence-electron chi connectivity index (χ4n) is 2.50. The molecule has 0 aliphatic carbocycles. The van der Waals surface area contributed by atoms with Crippen LogP contribution in [0.4, 0.5) is 0 Å². The Bertz CT molecular complexity index is 628. The van der Waals surface area contributed by atoms with Crippen LogP contribution in [-0.2, 0) is 19.7 Å². The number of nitrogens with one attached hydrogen (secondary N) is 1. The van der Waals surface area contributed by atoms with Crippen LogP contribution in [0.3, 0.4) is 0 Å². The van der Waals surface area contributed by atoms with E-state index in [1.54, 1.807) is 7.11 Å². The van der Waals surface area contributed by atoms with E-state index in [0.717, 1.165) is 54.1 Å². The molecule has 4 heteroatoms. The standard InChI is InChI=1S/C20H27NO3/c1-3-4-11-24-20-12-16(9-10-19(20)23-2)13-21-14-17-7-5-6-8-18(17)15-22/h5-10,12,21-22H,3-4,11,13-15H2,1-2H3. The minimum Gasteiger partial charge on any atom is -0.493 e. The van der Waals surface area contributed by atoms with Gasteiger partial charge in [0.25, 0.3) is 0 Å². The number of aliphatic hydroxyl groups excluding tert-OH is 1. The molecule has 0 unspecified atom stereocenters. The van der Waals surface area contributed by atoms with Gasteiger partial charge in [-0.3, -0.25) is 0 Å². The zero-order chi connectivity index (χ0) is 17.2. The SMILES string of the molecule is CCCCOc1cc(CNCc2ccccc2CO)ccc1OC. The van der Waals surface area contributed by atoms with Crippen LogP contribution in [0.15, 0.2) is 42.5 Å². The van der Waals surface area contributed by atoms with Crippen molar-refractivity contribution >= 4 is 0 Å². The number of hydrogen-bond acceptors (Lipinski definition) is 4. The normalized spacial score (nSPS) is 10.6. The number of rotatable bonds is 10. The zero-order valence-electron chi connectivity index (χ0n) is 14.5. The minimum absolute atomic E-state index is 0.0653. The molecule has 130 valence electrons. The summed E-state index contributed by atoms with van der Waals surface area (Å²) in [5.74, 6) is 1.56. The lowest BCUT2D eigenvalue weighted by atomic mass is 10.1. The molecule has 0 aromatic heterocycles. The number of benzene rings is 2. The van der Waals surface area contributed by atoms with Crippen molar-refractivity contribution in [1.29, 1.82) is 0 Å². The molecule has 0 aliphatic rings. The van der Waals surface area contributed by atoms with E-state index in [-0.39, 0.29) is 6.61 Å². The highest BCUT2D eigenvalue weighted by Gasteiger charge is 2.06. The van der Waals surface area contributed by atoms with Gasteiger partial charge < -0.3 is 19.9 Å². The molecule has 0 spiro atoms. The first kappa shape index (κ1) is 18.3. The quantitative estimate of drug-likeness (QED) is 0.653. The molecule has 24 heavy (non-hydrogen) atoms. The summed E-state index contributed by atoms with van der Waals surface area (Å²) in [5, 5.41) is 12.8. The van der Waals surface area contributed by atoms with Crippen LogP contribution in [0.25, 0.3) is 0 Å². The predicted molar refractivity (Wildman–Crippen MR) is 96.3 cm³/mol. The van der Waals surface area contributed by atoms with Crippen molar-refractivity contribution in [2.75, 3.05) is 13.7 Å². The van der Waals surface area contributed by atoms with Gasteiger partial charge >= 0.3 is 0 Å². The van der Waals surface area contributed by atoms with Crippen molar-refractivity contribution in [3.05, 3.63) is 59.2 Å². The summed E-state index contributed by atoms with van der Waals surface area (Å²) in [6.45, 7) is 4.36. The monoisotopic (exact) mass is 329 g/mol. The molecule has 2 rings (SSSR count). The third-order valence-electron chi connectivity index (χ3n) is 3.92. The molecule has 0 aliphatic heterocycles. The van der Waals surface area contributed by atoms with E-state index in [9.17, 15) is 5.11 Å². The summed E-state index contributed by atoms with van der Waals surface area (Å²) in [6.07, 6.45) is 2.14. The van der Waals surface area contributed by atoms with Gasteiger partial charge in [-0.25, -0.2) is 0 Å². The first-order chi connectivity index (χ1) is 11.8. The van der Waals surface area contributed by atoms with Crippen molar-refractivity contribution in [2.45, 2.75) is 39.5 Å². The smallest absolute Gasteiger partial charge is 0.161 e. The summed E-state index contributed by atoms with van der Waals surface area (Å²) in [6, 6.07) is 13.9. The molecule has 0 bridgehead atoms. The fourth-order valence-corrected chi connectivity index (χ4v) is 2.50. The predicted octanol–water partition coefficient (Wildman–Crippen LogP) is 3.66. The van der Waals surface area contributed by atoms with Gasteiger partial charge in [0.2, 0.25) is 0 Å². The Balaban J connectivity index is 1.95. The molecular formula is C20H27NO3. The second kappa shape index (κ2) is 9.96. The lowest BCUT2D eigenvalue weighted by Gasteiger charge is -2.13. The minimum atomic E-state index is 0.0653. The summed E-state index contributed by atoms with van der Waals surface area (Å²) in [5.41, 5.74) is 3.22. The topological polar surface area (TPSA) is 50.7 Å². The lowest BCUT2D eigenvalue weighted by molar-refractivity contribution is 0.280. The Morgan fingerprint density at radius 3 is 2.50 bits per heavy atom. The number of ether oxygens (including phenoxy) is 2. The molecule has 0 heterocycles. The number of methoxy groups -OCH3 is 1. The third kappa shape index (κ3) is 5.25. The Morgan fingerprint density at radius 2 is 1.79 bits per heavy atom. The highest BCUT2D eigenvalue weighted by Crippen LogP contribution is 2.28. The molecule has 2 N–H and O–H groups in total. The van der Waals surface area contributed by atoms with Crippen molar-refractivity contribution in [1.82, 2.24) is 5.32 Å². The summed E-state index contributed by atoms with van der Waals surface area (Å²) in [7, 11) is 1.66. The zero-order valence-corrected chi connectivity index (χ0v) is 14.5. The summed E-state index contributed by atoms with van der Waals surface area (Å²) in [4.78, 5) is 0. The average Bonchev–Trinajstić information content (AvgIpc) is 2.62. The number of hydrogen-bond donors (Lipinski definition) is 2. The highest BCUT2D eigenvalue weighted by atomic mass is 16.5. The van der Waals surface area contributed by atoms with Gasteiger partial charge in [-0.1, -0.05) is 43.7 Å². The maximum atomic E-state index is 9.37. The van der Waals surface area contributed by atoms with Crippen LogP contribution in [0, 0.1) is 0 Å². The first-order valence-corrected chi connectivity index (χ1v) is 8.46. The second-order valence-corrected chi connectivity index (χ2v) is 5.72. The van der Waals surface area contributed by atoms with Crippen LogP contribution in [0.5, 0.6) is 11.5 Å². The summed E-state index contributed by atoms with van der Waals surface area (Å²) < 4.78 is 11.2. The molecule has 0 saturated carbocycles. The third-order valence-corrected chi connectivity index (χ3v) is 3.92. The van der Waals surface area contributed by atoms with Gasteiger partial charge in [0.1, 0.15) is 0 Å². The second-order valence-electron chi connectivity index (χ2n) is 5.72. The largest absolute Gasteiger partial charge is 0.493 e. The number of unbranched alkanes of at least 4 members (excludes halogenated alkanes) is 1. The molecule has 0 radical (unpaired) electrons. The van der Waals surface area contributed by atoms with Crippen molar-refractivity contribution in [3.63, 3.8) is 0 Å². The van der Waals surface area contributed by atoms with Crippen LogP contribution >= 0.6 is 0 Å². The molecular weight excluding hydrogens is 302 g/mol. The Hall–Kier alpha value is -2.04. The van der Waals surface area contributed by atoms with E-state index >= 15 is 0 Å². The summed E-state index contributed by atoms with van der Waals surface area (Å²) >= 11 is 0. The van der Waals surface area contributed by atoms with Crippen molar-refractivity contribution in [3.8, 4) is 11.5 Å². The average molecular weight is 329 g/mol. The van der Waals surface area contributed by atoms with Gasteiger partial charge in [0.15, 0.2) is 11.5 Å². The lowest BCUT2D eigenvalue weighted by Crippen LogP contribution is -2.14. The molecule has 2 aromatic rings. The van der Waals surface area contributed by atoms with E-state index in [0.29, 0.717) is 6.61 Å². The molecule has 0 atom stereocenters. The van der Waals surface area contributed by atoms with E-state index < -0.39 is 0 Å². The van der Waals surface area contributed by atoms with Crippen molar-refractivity contribution in [2.24, 2.45) is 0 Å². The molecule has 0 saturated heterocycles. The van der Waals surface area contributed by atoms with Crippen molar-refractivity contribution < 1.29 is 14.6 Å². The van der Waals surface area contributed by atoms with Crippen LogP contribution in [0.1, 0.15) is 36.5 Å². The van der Waals surface area contributed by atoms with Gasteiger partial charge in [-0.2, -0.15) is 0 Å². The van der Waals surface area contributed by atoms with E-state index in [1.807, 2.05) is 42.5 Å². The van der Waals surface area contributed by atoms with Gasteiger partial charge in [-0.15, -0.1) is 0 Å². The highest BCUT2D eigenvalue weighted by molar-refractivity contribution is 5.43. The fraction of sp³-hybridized carbons (Fsp3) is 0.400. The van der Waals surface area contributed by atoms with Gasteiger partial charge in [0.05, 0.1) is 20.3 Å². The van der Waals surface area contributed by atoms with E-state index in [2.05, 4.69) is 12.2 Å². The maximum Gasteiger partial charge on any atom is 0.161 e. The maximum absolute atomic E-state index is 9.37. The van der Waals surface area contributed by atoms with Crippen LogP contribution < -0.4 is 14.8 Å². The van der Waals surface area contributed by atoms with Crippen LogP contribution in [0.2, 0.25) is 0 Å². The molecule has 2 aromatic carbocycles. The Morgan fingerprint density at radius 1 is 1.00 bits per heavy atom. The van der Waals surface area contributed by atoms with Crippen LogP contribution in [-0.4, -0.2) is 18.8 Å². The molecule has 0 fully saturated rings. The van der Waals surface area contributed by atoms with E-state index in [1.165, 1.54) is 0 Å². The van der Waals surface area contributed by atoms with Gasteiger partial charge in [0, 0.05) is 13.1 Å². The number of aliphatic hydroxyl groups is 1. The molecule has 0 amide bonds. The Kier molecular flexibility index (Phi) is 7.59. The first-order valence-electron chi connectivity index (χ1n) is 8.46. The Labute approximate surface area is 144 Å². The molecule has 4 nitrogen and oxygen atoms in total. The van der Waals surface area contributed by atoms with E-state index in [4.69, 9.17) is 9.47 Å².